The van der Waals surface area contributed by atoms with Gasteiger partial charge in [0.25, 0.3) is 0 Å². The summed E-state index contributed by atoms with van der Waals surface area (Å²) in [5, 5.41) is 10.7. The molecule has 6 nitrogen and oxygen atoms in total. The summed E-state index contributed by atoms with van der Waals surface area (Å²) < 4.78 is 4.86. The van der Waals surface area contributed by atoms with E-state index in [1.165, 1.54) is 19.2 Å². The van der Waals surface area contributed by atoms with Crippen molar-refractivity contribution in [2.24, 2.45) is 0 Å². The molecule has 0 aliphatic carbocycles. The third kappa shape index (κ3) is 2.81. The summed E-state index contributed by atoms with van der Waals surface area (Å²) in [7, 11) is 1.39. The van der Waals surface area contributed by atoms with Gasteiger partial charge in [0.2, 0.25) is 0 Å². The zero-order chi connectivity index (χ0) is 11.3. The number of nitrogens with one attached hydrogen (secondary N) is 1. The van der Waals surface area contributed by atoms with Crippen LogP contribution >= 0.6 is 0 Å². The van der Waals surface area contributed by atoms with Crippen LogP contribution in [0.3, 0.4) is 0 Å². The van der Waals surface area contributed by atoms with Gasteiger partial charge in [-0.25, -0.2) is 0 Å². The van der Waals surface area contributed by atoms with Crippen LogP contribution in [0.2, 0.25) is 0 Å². The highest BCUT2D eigenvalue weighted by molar-refractivity contribution is 5.57. The number of benzene rings is 1. The van der Waals surface area contributed by atoms with Crippen LogP contribution < -0.4 is 10.2 Å². The molecule has 0 aliphatic rings. The Morgan fingerprint density at radius 2 is 2.27 bits per heavy atom. The maximum atomic E-state index is 10.7. The summed E-state index contributed by atoms with van der Waals surface area (Å²) in [5.41, 5.74) is 3.00. The highest BCUT2D eigenvalue weighted by Gasteiger charge is 2.14. The molecule has 82 valence electrons. The zero-order valence-electron chi connectivity index (χ0n) is 8.52. The smallest absolute Gasteiger partial charge is 0.313 e. The molecule has 6 heteroatoms. The first-order valence-corrected chi connectivity index (χ1v) is 4.39. The first kappa shape index (κ1) is 11.3. The summed E-state index contributed by atoms with van der Waals surface area (Å²) in [6.45, 7) is 2.28. The van der Waals surface area contributed by atoms with Gasteiger partial charge in [-0.15, -0.1) is 0 Å². The Morgan fingerprint density at radius 3 is 2.80 bits per heavy atom. The van der Waals surface area contributed by atoms with Gasteiger partial charge in [0.1, 0.15) is 0 Å². The summed E-state index contributed by atoms with van der Waals surface area (Å²) in [6.07, 6.45) is 0. The van der Waals surface area contributed by atoms with Crippen LogP contribution in [0.4, 0.5) is 11.4 Å². The molecule has 0 bridgehead atoms. The van der Waals surface area contributed by atoms with Crippen LogP contribution in [0, 0.1) is 10.1 Å². The van der Waals surface area contributed by atoms with Gasteiger partial charge in [0.05, 0.1) is 24.3 Å². The quantitative estimate of drug-likeness (QED) is 0.596. The van der Waals surface area contributed by atoms with Gasteiger partial charge in [-0.1, -0.05) is 0 Å². The lowest BCUT2D eigenvalue weighted by Gasteiger charge is -2.06. The van der Waals surface area contributed by atoms with E-state index in [2.05, 4.69) is 5.48 Å². The average molecular weight is 212 g/mol. The minimum absolute atomic E-state index is 0.0952. The molecular weight excluding hydrogens is 200 g/mol. The molecule has 1 aromatic carbocycles. The van der Waals surface area contributed by atoms with Crippen LogP contribution in [-0.2, 0) is 4.84 Å². The lowest BCUT2D eigenvalue weighted by Crippen LogP contribution is -2.01. The minimum atomic E-state index is -0.504. The van der Waals surface area contributed by atoms with Gasteiger partial charge in [-0.05, 0) is 19.1 Å². The van der Waals surface area contributed by atoms with E-state index < -0.39 is 4.92 Å². The zero-order valence-corrected chi connectivity index (χ0v) is 8.52. The van der Waals surface area contributed by atoms with Crippen LogP contribution in [0.5, 0.6) is 5.75 Å². The van der Waals surface area contributed by atoms with E-state index >= 15 is 0 Å². The van der Waals surface area contributed by atoms with Gasteiger partial charge >= 0.3 is 5.69 Å². The Hall–Kier alpha value is -1.82. The Labute approximate surface area is 86.9 Å². The number of nitro groups is 1. The Morgan fingerprint density at radius 1 is 1.53 bits per heavy atom. The first-order valence-electron chi connectivity index (χ1n) is 4.39. The second-order valence-electron chi connectivity index (χ2n) is 2.68. The summed E-state index contributed by atoms with van der Waals surface area (Å²) in [4.78, 5) is 15.1. The average Bonchev–Trinajstić information content (AvgIpc) is 2.25. The molecule has 0 aromatic heterocycles. The number of nitrogens with zero attached hydrogens (tertiary/aromatic N) is 1. The molecule has 15 heavy (non-hydrogen) atoms. The minimum Gasteiger partial charge on any atom is -0.490 e. The normalized spacial score (nSPS) is 9.73. The number of hydrogen-bond acceptors (Lipinski definition) is 5. The lowest BCUT2D eigenvalue weighted by atomic mass is 10.2. The molecule has 0 aliphatic heterocycles. The van der Waals surface area contributed by atoms with Gasteiger partial charge in [-0.2, -0.15) is 0 Å². The maximum absolute atomic E-state index is 10.7. The number of hydrogen-bond donors (Lipinski definition) is 1. The molecule has 1 rings (SSSR count). The number of ether oxygens (including phenoxy) is 1. The highest BCUT2D eigenvalue weighted by Crippen LogP contribution is 2.29. The lowest BCUT2D eigenvalue weighted by molar-refractivity contribution is -0.385. The van der Waals surface area contributed by atoms with Crippen LogP contribution in [0.25, 0.3) is 0 Å². The van der Waals surface area contributed by atoms with Crippen molar-refractivity contribution in [3.05, 3.63) is 28.3 Å². The number of rotatable bonds is 5. The molecule has 0 radical (unpaired) electrons. The van der Waals surface area contributed by atoms with Gasteiger partial charge in [-0.3, -0.25) is 20.4 Å². The van der Waals surface area contributed by atoms with Gasteiger partial charge in [0, 0.05) is 6.07 Å². The monoisotopic (exact) mass is 212 g/mol. The van der Waals surface area contributed by atoms with Crippen molar-refractivity contribution in [3.63, 3.8) is 0 Å². The maximum Gasteiger partial charge on any atom is 0.313 e. The van der Waals surface area contributed by atoms with E-state index in [0.717, 1.165) is 0 Å². The fraction of sp³-hybridized carbons (Fsp3) is 0.333. The Kier molecular flexibility index (Phi) is 3.87. The molecule has 0 amide bonds. The SMILES string of the molecule is CCONc1ccc(OC)c([N+](=O)[O-])c1. The second kappa shape index (κ2) is 5.16. The molecule has 0 unspecified atom stereocenters. The van der Waals surface area contributed by atoms with Crippen LogP contribution in [0.1, 0.15) is 6.92 Å². The first-order chi connectivity index (χ1) is 7.19. The predicted octanol–water partition coefficient (Wildman–Crippen LogP) is 1.97. The van der Waals surface area contributed by atoms with Crippen molar-refractivity contribution in [2.75, 3.05) is 19.2 Å². The molecule has 0 fully saturated rings. The van der Waals surface area contributed by atoms with Crippen LogP contribution in [-0.4, -0.2) is 18.6 Å². The molecule has 0 heterocycles. The molecule has 0 saturated carbocycles. The summed E-state index contributed by atoms with van der Waals surface area (Å²) in [5.74, 6) is 0.224. The number of anilines is 1. The van der Waals surface area contributed by atoms with Crippen LogP contribution in [0.15, 0.2) is 18.2 Å². The van der Waals surface area contributed by atoms with E-state index in [0.29, 0.717) is 12.3 Å². The van der Waals surface area contributed by atoms with Crippen molar-refractivity contribution in [3.8, 4) is 5.75 Å². The van der Waals surface area contributed by atoms with Crippen molar-refractivity contribution in [1.29, 1.82) is 0 Å². The van der Waals surface area contributed by atoms with Gasteiger partial charge < -0.3 is 4.74 Å². The van der Waals surface area contributed by atoms with E-state index in [1.54, 1.807) is 6.07 Å². The summed E-state index contributed by atoms with van der Waals surface area (Å²) >= 11 is 0. The topological polar surface area (TPSA) is 73.6 Å². The highest BCUT2D eigenvalue weighted by atomic mass is 16.6. The molecular formula is C9H12N2O4. The van der Waals surface area contributed by atoms with Crippen molar-refractivity contribution in [1.82, 2.24) is 0 Å². The van der Waals surface area contributed by atoms with E-state index in [9.17, 15) is 10.1 Å². The standard InChI is InChI=1S/C9H12N2O4/c1-3-15-10-7-4-5-9(14-2)8(6-7)11(12)13/h4-6,10H,3H2,1-2H3. The van der Waals surface area contributed by atoms with Crippen molar-refractivity contribution in [2.45, 2.75) is 6.92 Å². The Bertz CT molecular complexity index is 354. The second-order valence-corrected chi connectivity index (χ2v) is 2.68. The molecule has 0 saturated heterocycles. The number of nitro benzene ring substituents is 1. The largest absolute Gasteiger partial charge is 0.490 e. The molecule has 1 aromatic rings. The summed E-state index contributed by atoms with van der Waals surface area (Å²) in [6, 6.07) is 4.51. The van der Waals surface area contributed by atoms with E-state index in [-0.39, 0.29) is 11.4 Å². The number of methoxy groups -OCH3 is 1. The molecule has 0 spiro atoms. The van der Waals surface area contributed by atoms with Crippen molar-refractivity contribution >= 4 is 11.4 Å². The fourth-order valence-corrected chi connectivity index (χ4v) is 1.05. The van der Waals surface area contributed by atoms with E-state index in [4.69, 9.17) is 9.57 Å². The fourth-order valence-electron chi connectivity index (χ4n) is 1.05. The molecule has 1 N–H and O–H groups in total. The van der Waals surface area contributed by atoms with Crippen molar-refractivity contribution < 1.29 is 14.5 Å². The third-order valence-electron chi connectivity index (χ3n) is 1.71. The molecule has 0 atom stereocenters. The predicted molar refractivity (Wildman–Crippen MR) is 54.9 cm³/mol. The Balaban J connectivity index is 2.94. The van der Waals surface area contributed by atoms with E-state index in [1.807, 2.05) is 6.92 Å². The third-order valence-corrected chi connectivity index (χ3v) is 1.71. The van der Waals surface area contributed by atoms with Gasteiger partial charge in [0.15, 0.2) is 5.75 Å².